The molecule has 0 unspecified atom stereocenters. The highest BCUT2D eigenvalue weighted by atomic mass is 16.1. The van der Waals surface area contributed by atoms with E-state index in [0.29, 0.717) is 17.4 Å². The summed E-state index contributed by atoms with van der Waals surface area (Å²) in [6.45, 7) is 0.741. The number of carbonyl (C=O) groups is 1. The highest BCUT2D eigenvalue weighted by Gasteiger charge is 2.18. The van der Waals surface area contributed by atoms with E-state index in [9.17, 15) is 4.79 Å². The lowest BCUT2D eigenvalue weighted by Crippen LogP contribution is -2.32. The average Bonchev–Trinajstić information content (AvgIpc) is 2.16. The molecular formula is C10H14N4O. The Balaban J connectivity index is 1.86. The maximum Gasteiger partial charge on any atom is 0.271 e. The first-order valence-electron chi connectivity index (χ1n) is 5.13. The second kappa shape index (κ2) is 4.25. The second-order valence-corrected chi connectivity index (χ2v) is 3.85. The number of hydrogen-bond acceptors (Lipinski definition) is 4. The van der Waals surface area contributed by atoms with Gasteiger partial charge in [0, 0.05) is 6.54 Å². The third kappa shape index (κ3) is 2.43. The molecule has 0 aromatic carbocycles. The molecule has 2 rings (SSSR count). The molecule has 15 heavy (non-hydrogen) atoms. The molecule has 1 amide bonds. The van der Waals surface area contributed by atoms with Gasteiger partial charge in [-0.25, -0.2) is 0 Å². The number of carbonyl (C=O) groups excluding carboxylic acids is 1. The van der Waals surface area contributed by atoms with Crippen LogP contribution >= 0.6 is 0 Å². The van der Waals surface area contributed by atoms with Gasteiger partial charge in [-0.05, 0) is 30.9 Å². The Morgan fingerprint density at radius 1 is 1.47 bits per heavy atom. The third-order valence-corrected chi connectivity index (χ3v) is 2.69. The maximum absolute atomic E-state index is 11.5. The first kappa shape index (κ1) is 9.89. The van der Waals surface area contributed by atoms with Crippen LogP contribution in [-0.4, -0.2) is 22.6 Å². The fraction of sp³-hybridized carbons (Fsp3) is 0.500. The van der Waals surface area contributed by atoms with Gasteiger partial charge in [0.25, 0.3) is 5.91 Å². The van der Waals surface area contributed by atoms with Gasteiger partial charge in [-0.3, -0.25) is 4.79 Å². The predicted octanol–water partition coefficient (Wildman–Crippen LogP) is 0.589. The molecule has 80 valence electrons. The first-order chi connectivity index (χ1) is 7.25. The Morgan fingerprint density at radius 2 is 2.27 bits per heavy atom. The van der Waals surface area contributed by atoms with E-state index in [-0.39, 0.29) is 5.91 Å². The van der Waals surface area contributed by atoms with Crippen molar-refractivity contribution >= 4 is 11.7 Å². The van der Waals surface area contributed by atoms with Crippen molar-refractivity contribution in [1.29, 1.82) is 0 Å². The highest BCUT2D eigenvalue weighted by molar-refractivity contribution is 5.92. The second-order valence-electron chi connectivity index (χ2n) is 3.85. The monoisotopic (exact) mass is 206 g/mol. The number of amides is 1. The SMILES string of the molecule is Nc1ccc(C(=O)NCC2CCC2)nn1. The van der Waals surface area contributed by atoms with Crippen molar-refractivity contribution in [3.05, 3.63) is 17.8 Å². The van der Waals surface area contributed by atoms with E-state index < -0.39 is 0 Å². The minimum absolute atomic E-state index is 0.172. The van der Waals surface area contributed by atoms with E-state index in [2.05, 4.69) is 15.5 Å². The van der Waals surface area contributed by atoms with Crippen molar-refractivity contribution in [2.45, 2.75) is 19.3 Å². The highest BCUT2D eigenvalue weighted by Crippen LogP contribution is 2.25. The van der Waals surface area contributed by atoms with Crippen molar-refractivity contribution in [3.8, 4) is 0 Å². The van der Waals surface area contributed by atoms with Gasteiger partial charge in [0.2, 0.25) is 0 Å². The molecular weight excluding hydrogens is 192 g/mol. The molecule has 1 saturated carbocycles. The van der Waals surface area contributed by atoms with Crippen LogP contribution in [0.1, 0.15) is 29.8 Å². The minimum Gasteiger partial charge on any atom is -0.382 e. The zero-order valence-electron chi connectivity index (χ0n) is 8.44. The lowest BCUT2D eigenvalue weighted by Gasteiger charge is -2.25. The van der Waals surface area contributed by atoms with E-state index >= 15 is 0 Å². The third-order valence-electron chi connectivity index (χ3n) is 2.69. The van der Waals surface area contributed by atoms with E-state index in [4.69, 9.17) is 5.73 Å². The topological polar surface area (TPSA) is 80.9 Å². The fourth-order valence-corrected chi connectivity index (χ4v) is 1.49. The number of nitrogens with two attached hydrogens (primary N) is 1. The quantitative estimate of drug-likeness (QED) is 0.758. The van der Waals surface area contributed by atoms with Crippen LogP contribution in [0.4, 0.5) is 5.82 Å². The molecule has 0 aliphatic heterocycles. The largest absolute Gasteiger partial charge is 0.382 e. The van der Waals surface area contributed by atoms with Crippen LogP contribution in [0.25, 0.3) is 0 Å². The Morgan fingerprint density at radius 3 is 2.80 bits per heavy atom. The standard InChI is InChI=1S/C10H14N4O/c11-9-5-4-8(13-14-9)10(15)12-6-7-2-1-3-7/h4-5,7H,1-3,6H2,(H2,11,14)(H,12,15). The lowest BCUT2D eigenvalue weighted by atomic mass is 9.85. The minimum atomic E-state index is -0.172. The number of anilines is 1. The van der Waals surface area contributed by atoms with Crippen molar-refractivity contribution < 1.29 is 4.79 Å². The van der Waals surface area contributed by atoms with Gasteiger partial charge in [0.15, 0.2) is 5.69 Å². The van der Waals surface area contributed by atoms with Gasteiger partial charge in [-0.2, -0.15) is 0 Å². The summed E-state index contributed by atoms with van der Waals surface area (Å²) in [5.41, 5.74) is 5.70. The number of nitrogen functional groups attached to an aromatic ring is 1. The van der Waals surface area contributed by atoms with Crippen molar-refractivity contribution in [3.63, 3.8) is 0 Å². The summed E-state index contributed by atoms with van der Waals surface area (Å²) in [6.07, 6.45) is 3.71. The maximum atomic E-state index is 11.5. The number of aromatic nitrogens is 2. The molecule has 0 spiro atoms. The Hall–Kier alpha value is -1.65. The summed E-state index contributed by atoms with van der Waals surface area (Å²) >= 11 is 0. The predicted molar refractivity (Wildman–Crippen MR) is 56.1 cm³/mol. The molecule has 5 heteroatoms. The molecule has 0 saturated heterocycles. The number of nitrogens with one attached hydrogen (secondary N) is 1. The molecule has 1 heterocycles. The van der Waals surface area contributed by atoms with E-state index in [0.717, 1.165) is 6.54 Å². The van der Waals surface area contributed by atoms with Gasteiger partial charge < -0.3 is 11.1 Å². The van der Waals surface area contributed by atoms with Crippen LogP contribution in [0.3, 0.4) is 0 Å². The van der Waals surface area contributed by atoms with Gasteiger partial charge >= 0.3 is 0 Å². The molecule has 1 aliphatic rings. The molecule has 3 N–H and O–H groups in total. The lowest BCUT2D eigenvalue weighted by molar-refractivity contribution is 0.0933. The van der Waals surface area contributed by atoms with Crippen LogP contribution in [-0.2, 0) is 0 Å². The zero-order valence-corrected chi connectivity index (χ0v) is 8.44. The summed E-state index contributed by atoms with van der Waals surface area (Å²) in [6, 6.07) is 3.16. The van der Waals surface area contributed by atoms with Crippen LogP contribution in [0.15, 0.2) is 12.1 Å². The first-order valence-corrected chi connectivity index (χ1v) is 5.13. The molecule has 0 radical (unpaired) electrons. The van der Waals surface area contributed by atoms with Crippen LogP contribution in [0.2, 0.25) is 0 Å². The molecule has 0 atom stereocenters. The van der Waals surface area contributed by atoms with Crippen molar-refractivity contribution in [1.82, 2.24) is 15.5 Å². The van der Waals surface area contributed by atoms with Gasteiger partial charge in [0.1, 0.15) is 5.82 Å². The molecule has 1 aromatic rings. The van der Waals surface area contributed by atoms with Crippen LogP contribution in [0.5, 0.6) is 0 Å². The molecule has 5 nitrogen and oxygen atoms in total. The molecule has 1 fully saturated rings. The van der Waals surface area contributed by atoms with E-state index in [1.165, 1.54) is 19.3 Å². The Kier molecular flexibility index (Phi) is 2.80. The Labute approximate surface area is 88.1 Å². The van der Waals surface area contributed by atoms with Gasteiger partial charge in [0.05, 0.1) is 0 Å². The van der Waals surface area contributed by atoms with Crippen LogP contribution < -0.4 is 11.1 Å². The summed E-state index contributed by atoms with van der Waals surface area (Å²) in [7, 11) is 0. The number of hydrogen-bond donors (Lipinski definition) is 2. The normalized spacial score (nSPS) is 15.7. The summed E-state index contributed by atoms with van der Waals surface area (Å²) in [5, 5.41) is 10.2. The summed E-state index contributed by atoms with van der Waals surface area (Å²) in [4.78, 5) is 11.5. The van der Waals surface area contributed by atoms with E-state index in [1.54, 1.807) is 12.1 Å². The molecule has 0 bridgehead atoms. The molecule has 1 aliphatic carbocycles. The number of rotatable bonds is 3. The average molecular weight is 206 g/mol. The summed E-state index contributed by atoms with van der Waals surface area (Å²) in [5.74, 6) is 0.802. The number of nitrogens with zero attached hydrogens (tertiary/aromatic N) is 2. The summed E-state index contributed by atoms with van der Waals surface area (Å²) < 4.78 is 0. The zero-order chi connectivity index (χ0) is 10.7. The van der Waals surface area contributed by atoms with Gasteiger partial charge in [-0.1, -0.05) is 6.42 Å². The van der Waals surface area contributed by atoms with E-state index in [1.807, 2.05) is 0 Å². The molecule has 1 aromatic heterocycles. The van der Waals surface area contributed by atoms with Crippen molar-refractivity contribution in [2.75, 3.05) is 12.3 Å². The Bertz CT molecular complexity index is 345. The fourth-order valence-electron chi connectivity index (χ4n) is 1.49. The smallest absolute Gasteiger partial charge is 0.271 e. The van der Waals surface area contributed by atoms with Crippen molar-refractivity contribution in [2.24, 2.45) is 5.92 Å². The van der Waals surface area contributed by atoms with Crippen LogP contribution in [0, 0.1) is 5.92 Å². The van der Waals surface area contributed by atoms with Gasteiger partial charge in [-0.15, -0.1) is 10.2 Å².